The van der Waals surface area contributed by atoms with Crippen molar-refractivity contribution < 1.29 is 9.90 Å². The number of fused-ring (bicyclic) bond motifs is 3. The lowest BCUT2D eigenvalue weighted by atomic mass is 9.82. The van der Waals surface area contributed by atoms with E-state index in [9.17, 15) is 9.90 Å². The Morgan fingerprint density at radius 2 is 2.20 bits per heavy atom. The minimum absolute atomic E-state index is 0.0199. The van der Waals surface area contributed by atoms with Crippen molar-refractivity contribution in [1.29, 1.82) is 0 Å². The normalized spacial score (nSPS) is 27.0. The fraction of sp³-hybridized carbons (Fsp3) is 0.571. The third-order valence-corrected chi connectivity index (χ3v) is 5.69. The summed E-state index contributed by atoms with van der Waals surface area (Å²) in [6, 6.07) is 6.34. The van der Waals surface area contributed by atoms with Crippen LogP contribution in [0.5, 0.6) is 0 Å². The van der Waals surface area contributed by atoms with Crippen molar-refractivity contribution in [2.45, 2.75) is 51.1 Å². The fourth-order valence-electron chi connectivity index (χ4n) is 4.24. The molecule has 2 aliphatic heterocycles. The second kappa shape index (κ2) is 6.72. The molecular weight excluding hydrogens is 312 g/mol. The molecule has 4 rings (SSSR count). The molecule has 1 aromatic rings. The van der Waals surface area contributed by atoms with Gasteiger partial charge in [-0.2, -0.15) is 0 Å². The zero-order valence-corrected chi connectivity index (χ0v) is 14.8. The highest BCUT2D eigenvalue weighted by Gasteiger charge is 2.48. The first kappa shape index (κ1) is 16.5. The number of carbonyl (C=O) groups is 1. The van der Waals surface area contributed by atoms with Crippen LogP contribution in [0.4, 0.5) is 5.69 Å². The maximum absolute atomic E-state index is 12.8. The highest BCUT2D eigenvalue weighted by Crippen LogP contribution is 2.48. The van der Waals surface area contributed by atoms with Crippen molar-refractivity contribution in [3.63, 3.8) is 0 Å². The largest absolute Gasteiger partial charge is 0.394 e. The molecule has 1 aliphatic carbocycles. The molecule has 3 atom stereocenters. The Bertz CT molecular complexity index is 729. The average Bonchev–Trinajstić information content (AvgIpc) is 3.39. The maximum atomic E-state index is 12.8. The number of amides is 1. The number of hydrogen-bond donors (Lipinski definition) is 2. The molecule has 1 aromatic carbocycles. The lowest BCUT2D eigenvalue weighted by Gasteiger charge is -2.39. The summed E-state index contributed by atoms with van der Waals surface area (Å²) in [5, 5.41) is 13.3. The summed E-state index contributed by atoms with van der Waals surface area (Å²) in [5.41, 5.74) is 3.22. The van der Waals surface area contributed by atoms with E-state index in [0.717, 1.165) is 49.9 Å². The summed E-state index contributed by atoms with van der Waals surface area (Å²) in [4.78, 5) is 14.9. The van der Waals surface area contributed by atoms with Crippen LogP contribution in [0.1, 0.15) is 56.2 Å². The SMILES string of the molecule is CCCC#Cc1ccc2c(c1)[C@H]1[C@H](CCN1C(=O)C1CC1)[C@H](CO)N2. The number of aliphatic hydroxyl groups is 1. The number of carbonyl (C=O) groups excluding carboxylic acids is 1. The summed E-state index contributed by atoms with van der Waals surface area (Å²) in [6.07, 6.45) is 4.98. The summed E-state index contributed by atoms with van der Waals surface area (Å²) in [7, 11) is 0. The molecule has 0 bridgehead atoms. The molecule has 132 valence electrons. The van der Waals surface area contributed by atoms with E-state index in [1.165, 1.54) is 5.56 Å². The second-order valence-electron chi connectivity index (χ2n) is 7.49. The molecule has 4 heteroatoms. The Morgan fingerprint density at radius 3 is 2.92 bits per heavy atom. The van der Waals surface area contributed by atoms with Gasteiger partial charge in [-0.3, -0.25) is 4.79 Å². The molecular formula is C21H26N2O2. The molecule has 4 nitrogen and oxygen atoms in total. The monoisotopic (exact) mass is 338 g/mol. The van der Waals surface area contributed by atoms with Crippen LogP contribution in [0.15, 0.2) is 18.2 Å². The number of unbranched alkanes of at least 4 members (excludes halogenated alkanes) is 1. The number of hydrogen-bond acceptors (Lipinski definition) is 3. The van der Waals surface area contributed by atoms with Gasteiger partial charge >= 0.3 is 0 Å². The summed E-state index contributed by atoms with van der Waals surface area (Å²) < 4.78 is 0. The van der Waals surface area contributed by atoms with Gasteiger partial charge in [0.15, 0.2) is 0 Å². The molecule has 1 saturated carbocycles. The van der Waals surface area contributed by atoms with Crippen molar-refractivity contribution in [3.8, 4) is 11.8 Å². The number of benzene rings is 1. The Labute approximate surface area is 149 Å². The van der Waals surface area contributed by atoms with E-state index in [-0.39, 0.29) is 30.5 Å². The van der Waals surface area contributed by atoms with Crippen LogP contribution in [0.25, 0.3) is 0 Å². The molecule has 2 fully saturated rings. The molecule has 25 heavy (non-hydrogen) atoms. The Hall–Kier alpha value is -1.99. The van der Waals surface area contributed by atoms with E-state index in [4.69, 9.17) is 0 Å². The van der Waals surface area contributed by atoms with Crippen LogP contribution >= 0.6 is 0 Å². The van der Waals surface area contributed by atoms with Gasteiger partial charge in [0.1, 0.15) is 0 Å². The number of nitrogens with one attached hydrogen (secondary N) is 1. The van der Waals surface area contributed by atoms with Gasteiger partial charge in [0.05, 0.1) is 18.7 Å². The molecule has 0 radical (unpaired) electrons. The highest BCUT2D eigenvalue weighted by molar-refractivity contribution is 5.82. The van der Waals surface area contributed by atoms with E-state index >= 15 is 0 Å². The summed E-state index contributed by atoms with van der Waals surface area (Å²) >= 11 is 0. The van der Waals surface area contributed by atoms with Gasteiger partial charge in [-0.05, 0) is 49.4 Å². The van der Waals surface area contributed by atoms with Gasteiger partial charge in [-0.25, -0.2) is 0 Å². The number of anilines is 1. The van der Waals surface area contributed by atoms with Crippen LogP contribution in [0, 0.1) is 23.7 Å². The maximum Gasteiger partial charge on any atom is 0.226 e. The van der Waals surface area contributed by atoms with Crippen LogP contribution in [-0.4, -0.2) is 35.1 Å². The predicted molar refractivity (Wildman–Crippen MR) is 98.0 cm³/mol. The van der Waals surface area contributed by atoms with Crippen LogP contribution in [0.3, 0.4) is 0 Å². The first-order valence-corrected chi connectivity index (χ1v) is 9.53. The lowest BCUT2D eigenvalue weighted by Crippen LogP contribution is -2.43. The molecule has 0 spiro atoms. The topological polar surface area (TPSA) is 52.6 Å². The average molecular weight is 338 g/mol. The first-order chi connectivity index (χ1) is 12.2. The zero-order chi connectivity index (χ0) is 17.4. The van der Waals surface area contributed by atoms with E-state index in [1.807, 2.05) is 6.07 Å². The lowest BCUT2D eigenvalue weighted by molar-refractivity contribution is -0.134. The van der Waals surface area contributed by atoms with Crippen molar-refractivity contribution in [2.75, 3.05) is 18.5 Å². The van der Waals surface area contributed by atoms with E-state index < -0.39 is 0 Å². The molecule has 0 aromatic heterocycles. The smallest absolute Gasteiger partial charge is 0.226 e. The number of likely N-dealkylation sites (tertiary alicyclic amines) is 1. The molecule has 1 amide bonds. The number of aliphatic hydroxyl groups excluding tert-OH is 1. The second-order valence-corrected chi connectivity index (χ2v) is 7.49. The molecule has 2 N–H and O–H groups in total. The van der Waals surface area contributed by atoms with Gasteiger partial charge in [-0.1, -0.05) is 18.8 Å². The van der Waals surface area contributed by atoms with Gasteiger partial charge in [0.2, 0.25) is 5.91 Å². The van der Waals surface area contributed by atoms with Crippen molar-refractivity contribution >= 4 is 11.6 Å². The number of nitrogens with zero attached hydrogens (tertiary/aromatic N) is 1. The highest BCUT2D eigenvalue weighted by atomic mass is 16.3. The van der Waals surface area contributed by atoms with Crippen molar-refractivity contribution in [2.24, 2.45) is 11.8 Å². The Kier molecular flexibility index (Phi) is 4.43. The standard InChI is InChI=1S/C21H26N2O2/c1-2-3-4-5-14-6-9-18-17(12-14)20-16(19(13-24)22-18)10-11-23(20)21(25)15-7-8-15/h6,9,12,15-16,19-20,22,24H,2-3,7-8,10-11,13H2,1H3/t16-,19+,20-/m1/s1. The zero-order valence-electron chi connectivity index (χ0n) is 14.8. The van der Waals surface area contributed by atoms with Gasteiger partial charge in [0.25, 0.3) is 0 Å². The summed E-state index contributed by atoms with van der Waals surface area (Å²) in [6.45, 7) is 3.03. The quantitative estimate of drug-likeness (QED) is 0.833. The van der Waals surface area contributed by atoms with Crippen LogP contribution in [-0.2, 0) is 4.79 Å². The Balaban J connectivity index is 1.70. The molecule has 1 saturated heterocycles. The molecule has 3 aliphatic rings. The van der Waals surface area contributed by atoms with E-state index in [0.29, 0.717) is 5.91 Å². The van der Waals surface area contributed by atoms with Crippen LogP contribution in [0.2, 0.25) is 0 Å². The van der Waals surface area contributed by atoms with Gasteiger partial charge in [0, 0.05) is 36.1 Å². The van der Waals surface area contributed by atoms with Crippen molar-refractivity contribution in [1.82, 2.24) is 4.90 Å². The Morgan fingerprint density at radius 1 is 1.36 bits per heavy atom. The van der Waals surface area contributed by atoms with E-state index in [2.05, 4.69) is 41.1 Å². The van der Waals surface area contributed by atoms with Gasteiger partial charge < -0.3 is 15.3 Å². The van der Waals surface area contributed by atoms with Crippen LogP contribution < -0.4 is 5.32 Å². The third-order valence-electron chi connectivity index (χ3n) is 5.69. The first-order valence-electron chi connectivity index (χ1n) is 9.53. The predicted octanol–water partition coefficient (Wildman–Crippen LogP) is 2.92. The molecule has 2 heterocycles. The minimum Gasteiger partial charge on any atom is -0.394 e. The third kappa shape index (κ3) is 3.02. The van der Waals surface area contributed by atoms with Gasteiger partial charge in [-0.15, -0.1) is 0 Å². The summed E-state index contributed by atoms with van der Waals surface area (Å²) in [5.74, 6) is 7.27. The fourth-order valence-corrected chi connectivity index (χ4v) is 4.24. The minimum atomic E-state index is 0.0199. The number of rotatable bonds is 3. The van der Waals surface area contributed by atoms with E-state index in [1.54, 1.807) is 0 Å². The van der Waals surface area contributed by atoms with Crippen molar-refractivity contribution in [3.05, 3.63) is 29.3 Å². The molecule has 0 unspecified atom stereocenters.